The van der Waals surface area contributed by atoms with Crippen molar-refractivity contribution in [3.8, 4) is 0 Å². The molecule has 0 saturated heterocycles. The molecule has 0 aliphatic rings. The van der Waals surface area contributed by atoms with Crippen molar-refractivity contribution in [2.24, 2.45) is 0 Å². The van der Waals surface area contributed by atoms with Gasteiger partial charge in [0.2, 0.25) is 0 Å². The number of rotatable bonds is 7. The van der Waals surface area contributed by atoms with Crippen LogP contribution >= 0.6 is 11.8 Å². The van der Waals surface area contributed by atoms with E-state index in [0.717, 1.165) is 11.1 Å². The highest BCUT2D eigenvalue weighted by Gasteiger charge is 2.20. The van der Waals surface area contributed by atoms with Crippen LogP contribution in [-0.4, -0.2) is 32.9 Å². The van der Waals surface area contributed by atoms with Crippen LogP contribution in [0, 0.1) is 0 Å². The lowest BCUT2D eigenvalue weighted by molar-refractivity contribution is 0.0690. The van der Waals surface area contributed by atoms with Crippen molar-refractivity contribution < 1.29 is 4.79 Å². The molecule has 0 spiro atoms. The summed E-state index contributed by atoms with van der Waals surface area (Å²) >= 11 is 1.71. The Kier molecular flexibility index (Phi) is 6.35. The first-order valence-corrected chi connectivity index (χ1v) is 10.3. The average molecular weight is 380 g/mol. The minimum Gasteiger partial charge on any atom is -0.332 e. The third kappa shape index (κ3) is 5.01. The summed E-state index contributed by atoms with van der Waals surface area (Å²) in [5.41, 5.74) is 2.93. The van der Waals surface area contributed by atoms with Crippen LogP contribution in [0.15, 0.2) is 71.9 Å². The standard InChI is InChI=1S/C22H25N3OS/c1-17(2)25(15-19-10-7-11-21(12-19)27-3)22(26)20-13-23-24(16-20)14-18-8-5-4-6-9-18/h4-13,16-17H,14-15H2,1-3H3. The Balaban J connectivity index is 1.75. The number of thioether (sulfide) groups is 1. The van der Waals surface area contributed by atoms with E-state index in [2.05, 4.69) is 41.7 Å². The third-order valence-electron chi connectivity index (χ3n) is 4.44. The van der Waals surface area contributed by atoms with E-state index in [-0.39, 0.29) is 11.9 Å². The van der Waals surface area contributed by atoms with Crippen molar-refractivity contribution in [2.75, 3.05) is 6.26 Å². The van der Waals surface area contributed by atoms with Gasteiger partial charge in [-0.15, -0.1) is 11.8 Å². The highest BCUT2D eigenvalue weighted by atomic mass is 32.2. The minimum atomic E-state index is 0.0128. The van der Waals surface area contributed by atoms with E-state index in [0.29, 0.717) is 18.7 Å². The molecule has 0 aliphatic heterocycles. The van der Waals surface area contributed by atoms with Crippen LogP contribution in [0.4, 0.5) is 0 Å². The Hall–Kier alpha value is -2.53. The van der Waals surface area contributed by atoms with Crippen LogP contribution in [0.3, 0.4) is 0 Å². The predicted octanol–water partition coefficient (Wildman–Crippen LogP) is 4.70. The molecule has 1 aromatic heterocycles. The van der Waals surface area contributed by atoms with Crippen molar-refractivity contribution >= 4 is 17.7 Å². The molecule has 1 amide bonds. The van der Waals surface area contributed by atoms with E-state index in [4.69, 9.17) is 0 Å². The first-order valence-electron chi connectivity index (χ1n) is 9.07. The fourth-order valence-electron chi connectivity index (χ4n) is 2.95. The Bertz CT molecular complexity index is 889. The van der Waals surface area contributed by atoms with Gasteiger partial charge in [-0.25, -0.2) is 0 Å². The minimum absolute atomic E-state index is 0.0128. The second kappa shape index (κ2) is 8.91. The molecule has 3 aromatic rings. The van der Waals surface area contributed by atoms with Gasteiger partial charge in [0.25, 0.3) is 5.91 Å². The van der Waals surface area contributed by atoms with Crippen LogP contribution in [0.25, 0.3) is 0 Å². The summed E-state index contributed by atoms with van der Waals surface area (Å²) in [4.78, 5) is 16.2. The Morgan fingerprint density at radius 1 is 1.11 bits per heavy atom. The van der Waals surface area contributed by atoms with Gasteiger partial charge in [0.05, 0.1) is 18.3 Å². The molecule has 0 aliphatic carbocycles. The van der Waals surface area contributed by atoms with Crippen LogP contribution in [-0.2, 0) is 13.1 Å². The Morgan fingerprint density at radius 3 is 2.56 bits per heavy atom. The molecule has 4 nitrogen and oxygen atoms in total. The molecule has 0 bridgehead atoms. The summed E-state index contributed by atoms with van der Waals surface area (Å²) in [5, 5.41) is 4.37. The lowest BCUT2D eigenvalue weighted by Crippen LogP contribution is -2.36. The molecule has 5 heteroatoms. The Labute approximate surface area is 165 Å². The van der Waals surface area contributed by atoms with E-state index < -0.39 is 0 Å². The Morgan fingerprint density at radius 2 is 1.85 bits per heavy atom. The molecule has 0 saturated carbocycles. The quantitative estimate of drug-likeness (QED) is 0.558. The lowest BCUT2D eigenvalue weighted by atomic mass is 10.1. The molecule has 1 heterocycles. The maximum absolute atomic E-state index is 13.1. The van der Waals surface area contributed by atoms with Gasteiger partial charge in [-0.3, -0.25) is 9.48 Å². The fourth-order valence-corrected chi connectivity index (χ4v) is 3.44. The highest BCUT2D eigenvalue weighted by molar-refractivity contribution is 7.98. The molecule has 0 unspecified atom stereocenters. The zero-order chi connectivity index (χ0) is 19.2. The maximum atomic E-state index is 13.1. The van der Waals surface area contributed by atoms with Crippen LogP contribution in [0.5, 0.6) is 0 Å². The molecule has 27 heavy (non-hydrogen) atoms. The zero-order valence-electron chi connectivity index (χ0n) is 16.0. The number of aromatic nitrogens is 2. The van der Waals surface area contributed by atoms with Gasteiger partial charge in [0, 0.05) is 23.7 Å². The van der Waals surface area contributed by atoms with Crippen molar-refractivity contribution in [1.82, 2.24) is 14.7 Å². The molecule has 2 aromatic carbocycles. The number of benzene rings is 2. The molecule has 0 N–H and O–H groups in total. The number of nitrogens with zero attached hydrogens (tertiary/aromatic N) is 3. The first-order chi connectivity index (χ1) is 13.1. The smallest absolute Gasteiger partial charge is 0.257 e. The van der Waals surface area contributed by atoms with Crippen molar-refractivity contribution in [1.29, 1.82) is 0 Å². The van der Waals surface area contributed by atoms with Crippen LogP contribution in [0.2, 0.25) is 0 Å². The van der Waals surface area contributed by atoms with Gasteiger partial charge in [0.15, 0.2) is 0 Å². The monoisotopic (exact) mass is 379 g/mol. The molecule has 0 atom stereocenters. The zero-order valence-corrected chi connectivity index (χ0v) is 16.8. The van der Waals surface area contributed by atoms with Gasteiger partial charge >= 0.3 is 0 Å². The van der Waals surface area contributed by atoms with Gasteiger partial charge in [0.1, 0.15) is 0 Å². The van der Waals surface area contributed by atoms with E-state index in [9.17, 15) is 4.79 Å². The van der Waals surface area contributed by atoms with E-state index >= 15 is 0 Å². The van der Waals surface area contributed by atoms with Crippen LogP contribution in [0.1, 0.15) is 35.3 Å². The third-order valence-corrected chi connectivity index (χ3v) is 5.16. The predicted molar refractivity (Wildman–Crippen MR) is 111 cm³/mol. The van der Waals surface area contributed by atoms with Crippen LogP contribution < -0.4 is 0 Å². The largest absolute Gasteiger partial charge is 0.332 e. The lowest BCUT2D eigenvalue weighted by Gasteiger charge is -2.26. The SMILES string of the molecule is CSc1cccc(CN(C(=O)c2cnn(Cc3ccccc3)c2)C(C)C)c1. The maximum Gasteiger partial charge on any atom is 0.257 e. The molecule has 0 fully saturated rings. The first kappa shape index (κ1) is 19.2. The summed E-state index contributed by atoms with van der Waals surface area (Å²) in [7, 11) is 0. The normalized spacial score (nSPS) is 11.0. The second-order valence-corrected chi connectivity index (χ2v) is 7.67. The van der Waals surface area contributed by atoms with Gasteiger partial charge < -0.3 is 4.90 Å². The number of hydrogen-bond donors (Lipinski definition) is 0. The van der Waals surface area contributed by atoms with E-state index in [1.54, 1.807) is 18.0 Å². The molecular weight excluding hydrogens is 354 g/mol. The van der Waals surface area contributed by atoms with Gasteiger partial charge in [-0.05, 0) is 43.4 Å². The summed E-state index contributed by atoms with van der Waals surface area (Å²) < 4.78 is 1.81. The number of carbonyl (C=O) groups is 1. The molecule has 140 valence electrons. The summed E-state index contributed by atoms with van der Waals surface area (Å²) in [6, 6.07) is 18.6. The van der Waals surface area contributed by atoms with Gasteiger partial charge in [-0.1, -0.05) is 42.5 Å². The number of carbonyl (C=O) groups excluding carboxylic acids is 1. The average Bonchev–Trinajstić information content (AvgIpc) is 3.15. The molecule has 3 rings (SSSR count). The number of amides is 1. The summed E-state index contributed by atoms with van der Waals surface area (Å²) in [5.74, 6) is 0.0128. The fraction of sp³-hybridized carbons (Fsp3) is 0.273. The molecular formula is C22H25N3OS. The van der Waals surface area contributed by atoms with Gasteiger partial charge in [-0.2, -0.15) is 5.10 Å². The highest BCUT2D eigenvalue weighted by Crippen LogP contribution is 2.19. The van der Waals surface area contributed by atoms with E-state index in [1.807, 2.05) is 53.9 Å². The van der Waals surface area contributed by atoms with Crippen molar-refractivity contribution in [2.45, 2.75) is 37.9 Å². The summed E-state index contributed by atoms with van der Waals surface area (Å²) in [6.45, 7) is 5.34. The summed E-state index contributed by atoms with van der Waals surface area (Å²) in [6.07, 6.45) is 5.56. The number of hydrogen-bond acceptors (Lipinski definition) is 3. The van der Waals surface area contributed by atoms with Crippen molar-refractivity contribution in [3.63, 3.8) is 0 Å². The van der Waals surface area contributed by atoms with Crippen molar-refractivity contribution in [3.05, 3.63) is 83.7 Å². The van der Waals surface area contributed by atoms with E-state index in [1.165, 1.54) is 4.90 Å². The molecule has 0 radical (unpaired) electrons. The topological polar surface area (TPSA) is 38.1 Å². The second-order valence-electron chi connectivity index (χ2n) is 6.79.